The minimum absolute atomic E-state index is 0.145. The number of thiazole rings is 1. The molecule has 0 aliphatic rings. The third-order valence-electron chi connectivity index (χ3n) is 5.13. The monoisotopic (exact) mass is 490 g/mol. The molecule has 0 radical (unpaired) electrons. The first-order valence-electron chi connectivity index (χ1n) is 9.83. The first-order chi connectivity index (χ1) is 16.2. The smallest absolute Gasteiger partial charge is 0.387 e. The molecule has 8 nitrogen and oxygen atoms in total. The Labute approximate surface area is 193 Å². The highest BCUT2D eigenvalue weighted by Crippen LogP contribution is 2.29. The van der Waals surface area contributed by atoms with Crippen LogP contribution in [-0.4, -0.2) is 26.6 Å². The maximum atomic E-state index is 14.0. The lowest BCUT2D eigenvalue weighted by Crippen LogP contribution is -2.37. The molecule has 34 heavy (non-hydrogen) atoms. The van der Waals surface area contributed by atoms with Crippen molar-refractivity contribution in [2.75, 3.05) is 5.32 Å². The molecule has 0 saturated carbocycles. The van der Waals surface area contributed by atoms with E-state index in [-0.39, 0.29) is 16.9 Å². The first kappa shape index (κ1) is 23.2. The van der Waals surface area contributed by atoms with E-state index in [1.54, 1.807) is 30.6 Å². The molecule has 0 bridgehead atoms. The summed E-state index contributed by atoms with van der Waals surface area (Å²) in [5.41, 5.74) is 0.529. The number of carbonyl (C=O) groups excluding carboxylic acids is 1. The number of aryl methyl sites for hydroxylation is 1. The van der Waals surface area contributed by atoms with Crippen LogP contribution in [0.15, 0.2) is 51.4 Å². The lowest BCUT2D eigenvalue weighted by molar-refractivity contribution is -0.115. The van der Waals surface area contributed by atoms with E-state index in [1.165, 1.54) is 17.7 Å². The minimum Gasteiger partial charge on any atom is -0.432 e. The molecular formula is C22H17F3N4O4S. The molecule has 2 aromatic carbocycles. The normalized spacial score (nSPS) is 11.2. The largest absolute Gasteiger partial charge is 0.432 e. The third-order valence-corrected chi connectivity index (χ3v) is 5.89. The van der Waals surface area contributed by atoms with E-state index in [2.05, 4.69) is 15.0 Å². The highest BCUT2D eigenvalue weighted by atomic mass is 32.1. The second-order valence-corrected chi connectivity index (χ2v) is 8.16. The van der Waals surface area contributed by atoms with Gasteiger partial charge in [-0.15, -0.1) is 11.3 Å². The summed E-state index contributed by atoms with van der Waals surface area (Å²) in [5, 5.41) is 4.70. The topological polar surface area (TPSA) is 95.2 Å². The number of fused-ring (bicyclic) bond motifs is 1. The molecular weight excluding hydrogens is 473 g/mol. The number of aromatic nitrogens is 3. The molecule has 0 aliphatic heterocycles. The summed E-state index contributed by atoms with van der Waals surface area (Å²) in [5.74, 6) is -2.00. The Hall–Kier alpha value is -3.93. The Kier molecular flexibility index (Phi) is 6.24. The summed E-state index contributed by atoms with van der Waals surface area (Å²) in [6, 6.07) is 8.37. The van der Waals surface area contributed by atoms with Crippen LogP contribution in [0.2, 0.25) is 0 Å². The van der Waals surface area contributed by atoms with Crippen LogP contribution in [0.5, 0.6) is 5.75 Å². The molecule has 2 heterocycles. The predicted molar refractivity (Wildman–Crippen MR) is 121 cm³/mol. The average molecular weight is 490 g/mol. The first-order valence-corrected chi connectivity index (χ1v) is 10.7. The van der Waals surface area contributed by atoms with E-state index >= 15 is 0 Å². The fourth-order valence-corrected chi connectivity index (χ4v) is 4.23. The summed E-state index contributed by atoms with van der Waals surface area (Å²) in [4.78, 5) is 41.7. The van der Waals surface area contributed by atoms with Gasteiger partial charge in [-0.1, -0.05) is 12.1 Å². The maximum absolute atomic E-state index is 14.0. The van der Waals surface area contributed by atoms with Crippen LogP contribution in [0.25, 0.3) is 22.2 Å². The van der Waals surface area contributed by atoms with Crippen molar-refractivity contribution in [2.45, 2.75) is 13.0 Å². The van der Waals surface area contributed by atoms with Crippen molar-refractivity contribution >= 4 is 33.3 Å². The summed E-state index contributed by atoms with van der Waals surface area (Å²) >= 11 is 1.09. The van der Waals surface area contributed by atoms with Gasteiger partial charge in [-0.05, 0) is 29.8 Å². The lowest BCUT2D eigenvalue weighted by atomic mass is 10.1. The van der Waals surface area contributed by atoms with E-state index in [1.807, 2.05) is 0 Å². The van der Waals surface area contributed by atoms with Crippen LogP contribution in [-0.2, 0) is 25.3 Å². The van der Waals surface area contributed by atoms with Gasteiger partial charge in [0.15, 0.2) is 16.7 Å². The van der Waals surface area contributed by atoms with Gasteiger partial charge in [-0.3, -0.25) is 18.7 Å². The van der Waals surface area contributed by atoms with E-state index in [9.17, 15) is 27.6 Å². The molecule has 2 aromatic heterocycles. The molecule has 12 heteroatoms. The van der Waals surface area contributed by atoms with Crippen molar-refractivity contribution in [2.24, 2.45) is 14.1 Å². The number of hydrogen-bond donors (Lipinski definition) is 1. The summed E-state index contributed by atoms with van der Waals surface area (Å²) < 4.78 is 45.0. The van der Waals surface area contributed by atoms with Gasteiger partial charge < -0.3 is 10.1 Å². The second-order valence-electron chi connectivity index (χ2n) is 7.30. The number of halogens is 3. The van der Waals surface area contributed by atoms with Crippen molar-refractivity contribution in [3.05, 3.63) is 74.0 Å². The fraction of sp³-hybridized carbons (Fsp3) is 0.182. The van der Waals surface area contributed by atoms with Gasteiger partial charge in [0, 0.05) is 25.0 Å². The number of benzene rings is 2. The average Bonchev–Trinajstić information content (AvgIpc) is 3.25. The molecule has 4 aromatic rings. The van der Waals surface area contributed by atoms with Crippen LogP contribution in [0.1, 0.15) is 5.56 Å². The van der Waals surface area contributed by atoms with Gasteiger partial charge in [-0.25, -0.2) is 14.2 Å². The predicted octanol–water partition coefficient (Wildman–Crippen LogP) is 3.28. The molecule has 0 saturated heterocycles. The molecule has 0 unspecified atom stereocenters. The van der Waals surface area contributed by atoms with Gasteiger partial charge in [0.05, 0.1) is 23.0 Å². The van der Waals surface area contributed by atoms with Gasteiger partial charge in [0.1, 0.15) is 0 Å². The van der Waals surface area contributed by atoms with Gasteiger partial charge in [-0.2, -0.15) is 8.78 Å². The Balaban J connectivity index is 1.55. The van der Waals surface area contributed by atoms with Crippen molar-refractivity contribution in [1.29, 1.82) is 0 Å². The Morgan fingerprint density at radius 1 is 1.18 bits per heavy atom. The van der Waals surface area contributed by atoms with Crippen molar-refractivity contribution < 1.29 is 22.7 Å². The third kappa shape index (κ3) is 4.44. The van der Waals surface area contributed by atoms with Crippen molar-refractivity contribution in [3.63, 3.8) is 0 Å². The lowest BCUT2D eigenvalue weighted by Gasteiger charge is -2.11. The highest BCUT2D eigenvalue weighted by molar-refractivity contribution is 7.14. The Morgan fingerprint density at radius 2 is 1.94 bits per heavy atom. The Bertz CT molecular complexity index is 1530. The molecule has 0 atom stereocenters. The number of carbonyl (C=O) groups is 1. The van der Waals surface area contributed by atoms with Crippen molar-refractivity contribution in [1.82, 2.24) is 14.1 Å². The van der Waals surface area contributed by atoms with Gasteiger partial charge in [0.25, 0.3) is 5.56 Å². The standard InChI is InChI=1S/C22H17F3N4O4S/c1-28-15-5-3-4-12(18(15)19(31)29(2)22(28)32)9-17(30)27-21-26-14(10-34-21)11-6-7-16(13(23)8-11)33-20(24)25/h3-8,10,20H,9H2,1-2H3,(H,26,27,30). The second kappa shape index (κ2) is 9.14. The van der Waals surface area contributed by atoms with Crippen LogP contribution in [0.4, 0.5) is 18.3 Å². The van der Waals surface area contributed by atoms with Crippen LogP contribution >= 0.6 is 11.3 Å². The van der Waals surface area contributed by atoms with E-state index in [0.717, 1.165) is 28.0 Å². The number of ether oxygens (including phenoxy) is 1. The van der Waals surface area contributed by atoms with Gasteiger partial charge >= 0.3 is 12.3 Å². The number of anilines is 1. The number of nitrogens with zero attached hydrogens (tertiary/aromatic N) is 3. The SMILES string of the molecule is Cn1c(=O)c2c(CC(=O)Nc3nc(-c4ccc(OC(F)F)c(F)c4)cs3)cccc2n(C)c1=O. The fourth-order valence-electron chi connectivity index (χ4n) is 3.49. The number of alkyl halides is 2. The zero-order chi connectivity index (χ0) is 24.6. The number of hydrogen-bond acceptors (Lipinski definition) is 6. The summed E-state index contributed by atoms with van der Waals surface area (Å²) in [7, 11) is 2.91. The van der Waals surface area contributed by atoms with Crippen LogP contribution in [0.3, 0.4) is 0 Å². The number of amides is 1. The Morgan fingerprint density at radius 3 is 2.65 bits per heavy atom. The molecule has 0 fully saturated rings. The maximum Gasteiger partial charge on any atom is 0.387 e. The number of rotatable bonds is 6. The van der Waals surface area contributed by atoms with Crippen molar-refractivity contribution in [3.8, 4) is 17.0 Å². The summed E-state index contributed by atoms with van der Waals surface area (Å²) in [6.07, 6.45) is -0.145. The zero-order valence-corrected chi connectivity index (χ0v) is 18.7. The molecule has 176 valence electrons. The zero-order valence-electron chi connectivity index (χ0n) is 17.8. The molecule has 0 spiro atoms. The highest BCUT2D eigenvalue weighted by Gasteiger charge is 2.16. The van der Waals surface area contributed by atoms with E-state index in [0.29, 0.717) is 22.3 Å². The number of nitrogens with one attached hydrogen (secondary N) is 1. The van der Waals surface area contributed by atoms with E-state index < -0.39 is 35.3 Å². The molecule has 1 amide bonds. The molecule has 4 rings (SSSR count). The van der Waals surface area contributed by atoms with Gasteiger partial charge in [0.2, 0.25) is 5.91 Å². The summed E-state index contributed by atoms with van der Waals surface area (Å²) in [6.45, 7) is -3.15. The molecule has 1 N–H and O–H groups in total. The van der Waals surface area contributed by atoms with Crippen LogP contribution in [0, 0.1) is 5.82 Å². The van der Waals surface area contributed by atoms with Crippen LogP contribution < -0.4 is 21.3 Å². The minimum atomic E-state index is -3.15. The van der Waals surface area contributed by atoms with E-state index in [4.69, 9.17) is 0 Å². The quantitative estimate of drug-likeness (QED) is 0.448. The molecule has 0 aliphatic carbocycles.